The number of benzene rings is 1. The monoisotopic (exact) mass is 452 g/mol. The fraction of sp³-hybridized carbons (Fsp3) is 0.458. The van der Waals surface area contributed by atoms with E-state index >= 15 is 0 Å². The van der Waals surface area contributed by atoms with Crippen molar-refractivity contribution in [3.05, 3.63) is 57.3 Å². The zero-order valence-corrected chi connectivity index (χ0v) is 19.0. The number of piperazine rings is 1. The Morgan fingerprint density at radius 2 is 1.86 bits per heavy atom. The molecule has 5 heteroatoms. The van der Waals surface area contributed by atoms with Gasteiger partial charge in [0.25, 0.3) is 0 Å². The van der Waals surface area contributed by atoms with Gasteiger partial charge in [-0.3, -0.25) is 4.90 Å². The highest BCUT2D eigenvalue weighted by atomic mass is 79.9. The summed E-state index contributed by atoms with van der Waals surface area (Å²) >= 11 is 3.75. The first-order valence-corrected chi connectivity index (χ1v) is 11.6. The third kappa shape index (κ3) is 3.59. The number of anilines is 1. The first-order valence-electron chi connectivity index (χ1n) is 10.8. The third-order valence-electron chi connectivity index (χ3n) is 6.69. The lowest BCUT2D eigenvalue weighted by atomic mass is 10.0. The summed E-state index contributed by atoms with van der Waals surface area (Å²) in [5.41, 5.74) is 7.30. The molecule has 3 aromatic rings. The fourth-order valence-corrected chi connectivity index (χ4v) is 5.61. The maximum atomic E-state index is 4.56. The second kappa shape index (κ2) is 7.77. The molecular formula is C24H29BrN4. The molecule has 0 radical (unpaired) electrons. The molecule has 1 aromatic carbocycles. The van der Waals surface area contributed by atoms with Crippen LogP contribution in [0.2, 0.25) is 0 Å². The van der Waals surface area contributed by atoms with Crippen LogP contribution in [0.4, 0.5) is 5.82 Å². The van der Waals surface area contributed by atoms with Crippen molar-refractivity contribution in [1.29, 1.82) is 0 Å². The number of hydrogen-bond acceptors (Lipinski definition) is 3. The van der Waals surface area contributed by atoms with Crippen LogP contribution in [0, 0.1) is 13.8 Å². The van der Waals surface area contributed by atoms with Crippen LogP contribution >= 0.6 is 15.9 Å². The maximum absolute atomic E-state index is 4.56. The van der Waals surface area contributed by atoms with Crippen LogP contribution in [0.3, 0.4) is 0 Å². The quantitative estimate of drug-likeness (QED) is 0.571. The number of nitrogens with zero attached hydrogens (tertiary/aromatic N) is 4. The molecule has 1 fully saturated rings. The molecule has 0 spiro atoms. The topological polar surface area (TPSA) is 24.3 Å². The van der Waals surface area contributed by atoms with Gasteiger partial charge in [-0.05, 0) is 74.1 Å². The zero-order valence-electron chi connectivity index (χ0n) is 17.4. The molecule has 2 aliphatic rings. The summed E-state index contributed by atoms with van der Waals surface area (Å²) in [5.74, 6) is 1.12. The Labute approximate surface area is 181 Å². The minimum absolute atomic E-state index is 1.06. The van der Waals surface area contributed by atoms with Crippen LogP contribution < -0.4 is 4.90 Å². The molecule has 0 bridgehead atoms. The number of halogens is 1. The average Bonchev–Trinajstić information content (AvgIpc) is 2.99. The number of aromatic nitrogens is 2. The Morgan fingerprint density at radius 1 is 1.03 bits per heavy atom. The summed E-state index contributed by atoms with van der Waals surface area (Å²) in [4.78, 5) is 9.60. The highest BCUT2D eigenvalue weighted by molar-refractivity contribution is 9.10. The minimum atomic E-state index is 1.06. The number of pyridine rings is 1. The molecule has 2 aromatic heterocycles. The van der Waals surface area contributed by atoms with E-state index in [0.29, 0.717) is 0 Å². The van der Waals surface area contributed by atoms with Crippen molar-refractivity contribution < 1.29 is 0 Å². The molecule has 0 aliphatic carbocycles. The van der Waals surface area contributed by atoms with E-state index in [2.05, 4.69) is 73.4 Å². The second-order valence-electron chi connectivity index (χ2n) is 8.55. The Kier molecular flexibility index (Phi) is 5.12. The van der Waals surface area contributed by atoms with Crippen LogP contribution in [0.5, 0.6) is 0 Å². The molecule has 4 heterocycles. The minimum Gasteiger partial charge on any atom is -0.354 e. The van der Waals surface area contributed by atoms with Gasteiger partial charge in [0.05, 0.1) is 5.52 Å². The van der Waals surface area contributed by atoms with Crippen LogP contribution in [0.15, 0.2) is 34.9 Å². The number of hydrogen-bond donors (Lipinski definition) is 0. The number of rotatable bonds is 4. The van der Waals surface area contributed by atoms with Crippen molar-refractivity contribution >= 4 is 32.7 Å². The largest absolute Gasteiger partial charge is 0.354 e. The van der Waals surface area contributed by atoms with Crippen molar-refractivity contribution in [3.8, 4) is 0 Å². The molecule has 152 valence electrons. The molecule has 5 rings (SSSR count). The Morgan fingerprint density at radius 3 is 2.66 bits per heavy atom. The highest BCUT2D eigenvalue weighted by Crippen LogP contribution is 2.35. The van der Waals surface area contributed by atoms with Crippen LogP contribution in [0.25, 0.3) is 10.9 Å². The van der Waals surface area contributed by atoms with Crippen LogP contribution in [0.1, 0.15) is 28.8 Å². The summed E-state index contributed by atoms with van der Waals surface area (Å²) in [6.07, 6.45) is 5.51. The fourth-order valence-electron chi connectivity index (χ4n) is 5.11. The maximum Gasteiger partial charge on any atom is 0.128 e. The molecule has 1 saturated heterocycles. The molecule has 0 saturated carbocycles. The standard InChI is InChI=1S/C24H29BrN4/c1-17-5-7-26-23(14-17)28-12-10-27(11-13-28)9-6-21-18(2)29-8-3-4-19-15-20(25)16-22(21)24(19)29/h5,7,14-16H,3-4,6,8-13H2,1-2H3. The van der Waals surface area contributed by atoms with E-state index < -0.39 is 0 Å². The Bertz CT molecular complexity index is 1050. The Hall–Kier alpha value is -1.85. The van der Waals surface area contributed by atoms with E-state index in [1.807, 2.05) is 6.20 Å². The molecule has 2 aliphatic heterocycles. The van der Waals surface area contributed by atoms with Crippen molar-refractivity contribution in [1.82, 2.24) is 14.5 Å². The molecule has 0 amide bonds. The van der Waals surface area contributed by atoms with Gasteiger partial charge in [-0.1, -0.05) is 15.9 Å². The predicted molar refractivity (Wildman–Crippen MR) is 124 cm³/mol. The lowest BCUT2D eigenvalue weighted by Gasteiger charge is -2.35. The molecule has 0 atom stereocenters. The van der Waals surface area contributed by atoms with E-state index in [0.717, 1.165) is 45.0 Å². The van der Waals surface area contributed by atoms with Crippen molar-refractivity contribution in [2.24, 2.45) is 0 Å². The van der Waals surface area contributed by atoms with Crippen molar-refractivity contribution in [3.63, 3.8) is 0 Å². The van der Waals surface area contributed by atoms with Crippen molar-refractivity contribution in [2.45, 2.75) is 39.7 Å². The summed E-state index contributed by atoms with van der Waals surface area (Å²) in [7, 11) is 0. The Balaban J connectivity index is 1.29. The SMILES string of the molecule is Cc1ccnc(N2CCN(CCc3c(C)n4c5c(cc(Br)cc35)CCC4)CC2)c1. The van der Waals surface area contributed by atoms with E-state index in [-0.39, 0.29) is 0 Å². The summed E-state index contributed by atoms with van der Waals surface area (Å²) in [6.45, 7) is 11.1. The summed E-state index contributed by atoms with van der Waals surface area (Å²) in [5, 5.41) is 1.47. The lowest BCUT2D eigenvalue weighted by molar-refractivity contribution is 0.260. The molecule has 0 N–H and O–H groups in total. The van der Waals surface area contributed by atoms with Crippen LogP contribution in [-0.4, -0.2) is 47.2 Å². The van der Waals surface area contributed by atoms with E-state index in [1.165, 1.54) is 51.6 Å². The van der Waals surface area contributed by atoms with Gasteiger partial charge in [0.15, 0.2) is 0 Å². The summed E-state index contributed by atoms with van der Waals surface area (Å²) in [6, 6.07) is 8.92. The highest BCUT2D eigenvalue weighted by Gasteiger charge is 2.22. The molecule has 0 unspecified atom stereocenters. The van der Waals surface area contributed by atoms with E-state index in [4.69, 9.17) is 0 Å². The van der Waals surface area contributed by atoms with E-state index in [9.17, 15) is 0 Å². The van der Waals surface area contributed by atoms with E-state index in [1.54, 1.807) is 5.56 Å². The molecule has 29 heavy (non-hydrogen) atoms. The molecule has 4 nitrogen and oxygen atoms in total. The summed E-state index contributed by atoms with van der Waals surface area (Å²) < 4.78 is 3.79. The normalized spacial score (nSPS) is 17.3. The van der Waals surface area contributed by atoms with Gasteiger partial charge >= 0.3 is 0 Å². The lowest BCUT2D eigenvalue weighted by Crippen LogP contribution is -2.47. The third-order valence-corrected chi connectivity index (χ3v) is 7.15. The number of aryl methyl sites for hydroxylation is 3. The van der Waals surface area contributed by atoms with Crippen LogP contribution in [-0.2, 0) is 19.4 Å². The van der Waals surface area contributed by atoms with Crippen molar-refractivity contribution in [2.75, 3.05) is 37.6 Å². The first-order chi connectivity index (χ1) is 14.1. The average molecular weight is 453 g/mol. The first kappa shape index (κ1) is 19.1. The van der Waals surface area contributed by atoms with Gasteiger partial charge < -0.3 is 9.47 Å². The van der Waals surface area contributed by atoms with Gasteiger partial charge in [-0.25, -0.2) is 4.98 Å². The van der Waals surface area contributed by atoms with Gasteiger partial charge in [-0.2, -0.15) is 0 Å². The second-order valence-corrected chi connectivity index (χ2v) is 9.47. The molecular weight excluding hydrogens is 424 g/mol. The van der Waals surface area contributed by atoms with Gasteiger partial charge in [0, 0.05) is 61.0 Å². The van der Waals surface area contributed by atoms with Gasteiger partial charge in [0.2, 0.25) is 0 Å². The van der Waals surface area contributed by atoms with Gasteiger partial charge in [-0.15, -0.1) is 0 Å². The smallest absolute Gasteiger partial charge is 0.128 e. The van der Waals surface area contributed by atoms with Gasteiger partial charge in [0.1, 0.15) is 5.82 Å². The zero-order chi connectivity index (χ0) is 20.0. The predicted octanol–water partition coefficient (Wildman–Crippen LogP) is 4.73.